The molecule has 90 valence electrons. The van der Waals surface area contributed by atoms with Gasteiger partial charge in [0.15, 0.2) is 6.29 Å². The maximum atomic E-state index is 11.2. The van der Waals surface area contributed by atoms with E-state index >= 15 is 0 Å². The van der Waals surface area contributed by atoms with Crippen molar-refractivity contribution in [2.24, 2.45) is 0 Å². The second kappa shape index (κ2) is 5.53. The summed E-state index contributed by atoms with van der Waals surface area (Å²) >= 11 is 3.10. The van der Waals surface area contributed by atoms with Crippen molar-refractivity contribution in [1.82, 2.24) is 0 Å². The van der Waals surface area contributed by atoms with Crippen molar-refractivity contribution in [2.75, 3.05) is 7.11 Å². The molecule has 1 aromatic rings. The second-order valence-electron chi connectivity index (χ2n) is 3.09. The molecule has 1 aromatic carbocycles. The van der Waals surface area contributed by atoms with Gasteiger partial charge in [-0.2, -0.15) is 0 Å². The van der Waals surface area contributed by atoms with Crippen molar-refractivity contribution in [3.63, 3.8) is 0 Å². The summed E-state index contributed by atoms with van der Waals surface area (Å²) in [6.07, 6.45) is 0.148. The maximum absolute atomic E-state index is 11.2. The number of methoxy groups -OCH3 is 1. The highest BCUT2D eigenvalue weighted by molar-refractivity contribution is 9.10. The smallest absolute Gasteiger partial charge is 0.310 e. The molecule has 0 N–H and O–H groups in total. The van der Waals surface area contributed by atoms with Crippen LogP contribution >= 0.6 is 15.9 Å². The van der Waals surface area contributed by atoms with E-state index in [1.165, 1.54) is 19.2 Å². The SMILES string of the molecule is COC(=O)Cc1c([N+](=O)[O-])ccc(Br)c1C=O. The molecule has 0 atom stereocenters. The van der Waals surface area contributed by atoms with Gasteiger partial charge >= 0.3 is 5.97 Å². The van der Waals surface area contributed by atoms with Crippen LogP contribution in [0.15, 0.2) is 16.6 Å². The zero-order valence-electron chi connectivity index (χ0n) is 8.81. The van der Waals surface area contributed by atoms with Crippen LogP contribution in [0.5, 0.6) is 0 Å². The van der Waals surface area contributed by atoms with Gasteiger partial charge in [0.1, 0.15) is 0 Å². The first kappa shape index (κ1) is 13.3. The number of ether oxygens (including phenoxy) is 1. The molecule has 0 unspecified atom stereocenters. The highest BCUT2D eigenvalue weighted by atomic mass is 79.9. The maximum Gasteiger partial charge on any atom is 0.310 e. The Kier molecular flexibility index (Phi) is 4.33. The lowest BCUT2D eigenvalue weighted by Crippen LogP contribution is -2.09. The van der Waals surface area contributed by atoms with Gasteiger partial charge in [0, 0.05) is 16.1 Å². The van der Waals surface area contributed by atoms with Gasteiger partial charge in [-0.25, -0.2) is 0 Å². The number of hydrogen-bond donors (Lipinski definition) is 0. The molecular weight excluding hydrogens is 294 g/mol. The number of carbonyl (C=O) groups excluding carboxylic acids is 2. The van der Waals surface area contributed by atoms with Crippen LogP contribution in [0.4, 0.5) is 5.69 Å². The standard InChI is InChI=1S/C10H8BrNO5/c1-17-10(14)4-6-7(5-13)8(11)2-3-9(6)12(15)16/h2-3,5H,4H2,1H3. The number of nitrogens with zero attached hydrogens (tertiary/aromatic N) is 1. The predicted molar refractivity (Wildman–Crippen MR) is 61.9 cm³/mol. The lowest BCUT2D eigenvalue weighted by atomic mass is 10.0. The third kappa shape index (κ3) is 2.88. The van der Waals surface area contributed by atoms with E-state index in [4.69, 9.17) is 0 Å². The molecule has 0 fully saturated rings. The van der Waals surface area contributed by atoms with Crippen LogP contribution in [0.1, 0.15) is 15.9 Å². The van der Waals surface area contributed by atoms with Crippen LogP contribution in [0.3, 0.4) is 0 Å². The van der Waals surface area contributed by atoms with Gasteiger partial charge in [-0.3, -0.25) is 19.7 Å². The summed E-state index contributed by atoms with van der Waals surface area (Å²) in [5.41, 5.74) is -0.142. The molecule has 6 nitrogen and oxygen atoms in total. The van der Waals surface area contributed by atoms with E-state index in [1.807, 2.05) is 0 Å². The Morgan fingerprint density at radius 3 is 2.71 bits per heavy atom. The van der Waals surface area contributed by atoms with Gasteiger partial charge in [0.25, 0.3) is 5.69 Å². The molecule has 0 amide bonds. The Hall–Kier alpha value is -1.76. The fourth-order valence-corrected chi connectivity index (χ4v) is 1.79. The summed E-state index contributed by atoms with van der Waals surface area (Å²) in [6.45, 7) is 0. The zero-order chi connectivity index (χ0) is 13.0. The van der Waals surface area contributed by atoms with Gasteiger partial charge in [0.05, 0.1) is 24.0 Å². The van der Waals surface area contributed by atoms with Gasteiger partial charge in [-0.1, -0.05) is 15.9 Å². The van der Waals surface area contributed by atoms with Crippen molar-refractivity contribution in [3.8, 4) is 0 Å². The monoisotopic (exact) mass is 301 g/mol. The molecule has 7 heteroatoms. The topological polar surface area (TPSA) is 86.5 Å². The second-order valence-corrected chi connectivity index (χ2v) is 3.94. The molecule has 0 aliphatic rings. The summed E-state index contributed by atoms with van der Waals surface area (Å²) in [5, 5.41) is 10.8. The molecule has 17 heavy (non-hydrogen) atoms. The minimum absolute atomic E-state index is 0.0474. The van der Waals surface area contributed by atoms with Crippen LogP contribution in [-0.4, -0.2) is 24.3 Å². The fourth-order valence-electron chi connectivity index (χ4n) is 1.33. The van der Waals surface area contributed by atoms with Crippen LogP contribution < -0.4 is 0 Å². The Morgan fingerprint density at radius 2 is 2.24 bits per heavy atom. The Morgan fingerprint density at radius 1 is 1.59 bits per heavy atom. The highest BCUT2D eigenvalue weighted by Crippen LogP contribution is 2.28. The van der Waals surface area contributed by atoms with Crippen LogP contribution in [0, 0.1) is 10.1 Å². The molecule has 0 saturated carbocycles. The molecule has 0 spiro atoms. The van der Waals surface area contributed by atoms with Crippen molar-refractivity contribution < 1.29 is 19.2 Å². The lowest BCUT2D eigenvalue weighted by Gasteiger charge is -2.06. The van der Waals surface area contributed by atoms with E-state index < -0.39 is 10.9 Å². The van der Waals surface area contributed by atoms with E-state index in [9.17, 15) is 19.7 Å². The quantitative estimate of drug-likeness (QED) is 0.367. The minimum atomic E-state index is -0.644. The van der Waals surface area contributed by atoms with E-state index in [0.717, 1.165) is 0 Å². The molecule has 0 aliphatic carbocycles. The summed E-state index contributed by atoms with van der Waals surface area (Å²) in [5.74, 6) is -0.644. The molecule has 0 aliphatic heterocycles. The average Bonchev–Trinajstić information content (AvgIpc) is 2.28. The van der Waals surface area contributed by atoms with E-state index in [-0.39, 0.29) is 23.2 Å². The fraction of sp³-hybridized carbons (Fsp3) is 0.200. The van der Waals surface area contributed by atoms with Crippen LogP contribution in [-0.2, 0) is 16.0 Å². The molecule has 1 rings (SSSR count). The highest BCUT2D eigenvalue weighted by Gasteiger charge is 2.22. The van der Waals surface area contributed by atoms with Crippen molar-refractivity contribution in [3.05, 3.63) is 37.8 Å². The molecule has 0 heterocycles. The predicted octanol–water partition coefficient (Wildman–Crippen LogP) is 1.89. The Bertz CT molecular complexity index is 486. The summed E-state index contributed by atoms with van der Waals surface area (Å²) in [6, 6.07) is 2.62. The Balaban J connectivity index is 3.38. The van der Waals surface area contributed by atoms with Gasteiger partial charge < -0.3 is 4.74 Å². The molecular formula is C10H8BrNO5. The number of carbonyl (C=O) groups is 2. The summed E-state index contributed by atoms with van der Waals surface area (Å²) in [7, 11) is 1.17. The molecule has 0 bridgehead atoms. The van der Waals surface area contributed by atoms with Crippen molar-refractivity contribution >= 4 is 33.9 Å². The first-order valence-electron chi connectivity index (χ1n) is 4.49. The first-order chi connectivity index (χ1) is 8.01. The number of esters is 1. The van der Waals surface area contributed by atoms with Crippen molar-refractivity contribution in [2.45, 2.75) is 6.42 Å². The number of nitro groups is 1. The number of halogens is 1. The normalized spacial score (nSPS) is 9.76. The van der Waals surface area contributed by atoms with Crippen molar-refractivity contribution in [1.29, 1.82) is 0 Å². The molecule has 0 saturated heterocycles. The Labute approximate surface area is 105 Å². The van der Waals surface area contributed by atoms with E-state index in [2.05, 4.69) is 20.7 Å². The van der Waals surface area contributed by atoms with E-state index in [0.29, 0.717) is 10.8 Å². The minimum Gasteiger partial charge on any atom is -0.469 e. The van der Waals surface area contributed by atoms with Gasteiger partial charge in [-0.05, 0) is 6.07 Å². The number of benzene rings is 1. The lowest BCUT2D eigenvalue weighted by molar-refractivity contribution is -0.385. The zero-order valence-corrected chi connectivity index (χ0v) is 10.4. The molecule has 0 aromatic heterocycles. The molecule has 0 radical (unpaired) electrons. The number of hydrogen-bond acceptors (Lipinski definition) is 5. The largest absolute Gasteiger partial charge is 0.469 e. The number of rotatable bonds is 4. The number of nitro benzene ring substituents is 1. The van der Waals surface area contributed by atoms with E-state index in [1.54, 1.807) is 0 Å². The number of aldehydes is 1. The summed E-state index contributed by atoms with van der Waals surface area (Å²) in [4.78, 5) is 32.2. The van der Waals surface area contributed by atoms with Crippen LogP contribution in [0.2, 0.25) is 0 Å². The first-order valence-corrected chi connectivity index (χ1v) is 5.28. The van der Waals surface area contributed by atoms with Crippen LogP contribution in [0.25, 0.3) is 0 Å². The third-order valence-corrected chi connectivity index (χ3v) is 2.83. The van der Waals surface area contributed by atoms with Gasteiger partial charge in [-0.15, -0.1) is 0 Å². The van der Waals surface area contributed by atoms with Gasteiger partial charge in [0.2, 0.25) is 0 Å². The third-order valence-electron chi connectivity index (χ3n) is 2.14. The average molecular weight is 302 g/mol. The summed E-state index contributed by atoms with van der Waals surface area (Å²) < 4.78 is 4.84.